The van der Waals surface area contributed by atoms with Gasteiger partial charge in [0, 0.05) is 27.8 Å². The number of benzene rings is 7. The van der Waals surface area contributed by atoms with E-state index >= 15 is 0 Å². The van der Waals surface area contributed by atoms with Gasteiger partial charge in [-0.2, -0.15) is 0 Å². The van der Waals surface area contributed by atoms with E-state index in [1.165, 1.54) is 21.9 Å². The van der Waals surface area contributed by atoms with Gasteiger partial charge in [0.2, 0.25) is 0 Å². The van der Waals surface area contributed by atoms with Gasteiger partial charge in [-0.3, -0.25) is 0 Å². The number of aromatic nitrogens is 1. The summed E-state index contributed by atoms with van der Waals surface area (Å²) in [6, 6.07) is 60.0. The molecule has 0 spiro atoms. The summed E-state index contributed by atoms with van der Waals surface area (Å²) in [6.45, 7) is 0. The highest BCUT2D eigenvalue weighted by atomic mass is 16.3. The van der Waals surface area contributed by atoms with Crippen molar-refractivity contribution in [1.82, 2.24) is 4.57 Å². The smallest absolute Gasteiger partial charge is 0.161 e. The standard InChI is InChI=1S/C42H28N2O/c1-3-15-31(16-4-1)43(33-27-25-30(26-28-33)35-21-11-14-29-13-7-8-19-34(29)35)39-24-12-22-37-40-42(45-41(37)39)36-20-9-10-23-38(36)44(40)32-17-5-2-6-18-32/h1-28H. The molecule has 0 unspecified atom stereocenters. The number of hydrogen-bond donors (Lipinski definition) is 0. The van der Waals surface area contributed by atoms with Crippen molar-refractivity contribution >= 4 is 60.8 Å². The second-order valence-electron chi connectivity index (χ2n) is 11.4. The van der Waals surface area contributed by atoms with Crippen LogP contribution in [0.2, 0.25) is 0 Å². The molecule has 0 atom stereocenters. The molecule has 9 rings (SSSR count). The largest absolute Gasteiger partial charge is 0.451 e. The number of rotatable bonds is 5. The summed E-state index contributed by atoms with van der Waals surface area (Å²) in [5.74, 6) is 0. The number of nitrogens with zero attached hydrogens (tertiary/aromatic N) is 2. The second-order valence-corrected chi connectivity index (χ2v) is 11.4. The van der Waals surface area contributed by atoms with E-state index in [2.05, 4.69) is 179 Å². The Bertz CT molecular complexity index is 2470. The van der Waals surface area contributed by atoms with E-state index < -0.39 is 0 Å². The summed E-state index contributed by atoms with van der Waals surface area (Å²) in [6.07, 6.45) is 0. The van der Waals surface area contributed by atoms with Crippen molar-refractivity contribution in [2.75, 3.05) is 4.90 Å². The molecule has 0 aliphatic rings. The van der Waals surface area contributed by atoms with Crippen LogP contribution in [-0.2, 0) is 0 Å². The first-order chi connectivity index (χ1) is 22.3. The third-order valence-electron chi connectivity index (χ3n) is 8.78. The van der Waals surface area contributed by atoms with Gasteiger partial charge in [0.15, 0.2) is 11.2 Å². The van der Waals surface area contributed by atoms with E-state index in [0.29, 0.717) is 0 Å². The monoisotopic (exact) mass is 576 g/mol. The predicted octanol–water partition coefficient (Wildman–Crippen LogP) is 11.8. The predicted molar refractivity (Wildman–Crippen MR) is 188 cm³/mol. The fourth-order valence-corrected chi connectivity index (χ4v) is 6.77. The third-order valence-corrected chi connectivity index (χ3v) is 8.78. The lowest BCUT2D eigenvalue weighted by Crippen LogP contribution is -2.10. The number of fused-ring (bicyclic) bond motifs is 6. The summed E-state index contributed by atoms with van der Waals surface area (Å²) in [4.78, 5) is 2.30. The number of anilines is 3. The SMILES string of the molecule is c1ccc(N(c2ccc(-c3cccc4ccccc34)cc2)c2cccc3c2oc2c4ccccc4n(-c4ccccc4)c32)cc1. The van der Waals surface area contributed by atoms with Crippen LogP contribution in [0.5, 0.6) is 0 Å². The van der Waals surface area contributed by atoms with Gasteiger partial charge in [-0.1, -0.05) is 109 Å². The Balaban J connectivity index is 1.26. The van der Waals surface area contributed by atoms with Crippen LogP contribution < -0.4 is 4.90 Å². The Morgan fingerprint density at radius 2 is 1.07 bits per heavy atom. The Labute approximate surface area is 260 Å². The first-order valence-corrected chi connectivity index (χ1v) is 15.3. The third kappa shape index (κ3) is 4.05. The highest BCUT2D eigenvalue weighted by Gasteiger charge is 2.23. The fourth-order valence-electron chi connectivity index (χ4n) is 6.77. The average molecular weight is 577 g/mol. The molecule has 0 amide bonds. The van der Waals surface area contributed by atoms with Crippen molar-refractivity contribution < 1.29 is 4.42 Å². The van der Waals surface area contributed by atoms with Gasteiger partial charge in [-0.15, -0.1) is 0 Å². The summed E-state index contributed by atoms with van der Waals surface area (Å²) >= 11 is 0. The summed E-state index contributed by atoms with van der Waals surface area (Å²) in [7, 11) is 0. The van der Waals surface area contributed by atoms with E-state index in [0.717, 1.165) is 55.7 Å². The molecule has 0 radical (unpaired) electrons. The molecular formula is C42H28N2O. The molecule has 0 saturated carbocycles. The average Bonchev–Trinajstić information content (AvgIpc) is 3.65. The minimum Gasteiger partial charge on any atom is -0.451 e. The first-order valence-electron chi connectivity index (χ1n) is 15.3. The summed E-state index contributed by atoms with van der Waals surface area (Å²) < 4.78 is 9.23. The lowest BCUT2D eigenvalue weighted by molar-refractivity contribution is 0.673. The first kappa shape index (κ1) is 25.4. The highest BCUT2D eigenvalue weighted by molar-refractivity contribution is 6.18. The number of para-hydroxylation sites is 4. The van der Waals surface area contributed by atoms with Crippen LogP contribution in [0.25, 0.3) is 60.6 Å². The van der Waals surface area contributed by atoms with Gasteiger partial charge in [0.05, 0.1) is 11.2 Å². The molecule has 212 valence electrons. The van der Waals surface area contributed by atoms with Crippen molar-refractivity contribution in [3.05, 3.63) is 170 Å². The molecule has 0 fully saturated rings. The molecule has 0 aliphatic heterocycles. The molecular weight excluding hydrogens is 548 g/mol. The van der Waals surface area contributed by atoms with Crippen molar-refractivity contribution in [3.63, 3.8) is 0 Å². The van der Waals surface area contributed by atoms with Crippen molar-refractivity contribution in [2.24, 2.45) is 0 Å². The quantitative estimate of drug-likeness (QED) is 0.203. The van der Waals surface area contributed by atoms with Crippen LogP contribution in [0.3, 0.4) is 0 Å². The lowest BCUT2D eigenvalue weighted by Gasteiger charge is -2.25. The molecule has 9 aromatic rings. The van der Waals surface area contributed by atoms with Gasteiger partial charge >= 0.3 is 0 Å². The van der Waals surface area contributed by atoms with Crippen LogP contribution in [0.1, 0.15) is 0 Å². The maximum atomic E-state index is 6.90. The zero-order valence-electron chi connectivity index (χ0n) is 24.5. The molecule has 2 aromatic heterocycles. The molecule has 3 nitrogen and oxygen atoms in total. The number of hydrogen-bond acceptors (Lipinski definition) is 2. The van der Waals surface area contributed by atoms with Crippen molar-refractivity contribution in [3.8, 4) is 16.8 Å². The van der Waals surface area contributed by atoms with Crippen LogP contribution in [0.4, 0.5) is 17.1 Å². The minimum atomic E-state index is 0.861. The van der Waals surface area contributed by atoms with E-state index in [4.69, 9.17) is 4.42 Å². The van der Waals surface area contributed by atoms with E-state index in [1.807, 2.05) is 0 Å². The molecule has 45 heavy (non-hydrogen) atoms. The number of furan rings is 1. The van der Waals surface area contributed by atoms with Crippen molar-refractivity contribution in [2.45, 2.75) is 0 Å². The van der Waals surface area contributed by atoms with Gasteiger partial charge in [-0.25, -0.2) is 0 Å². The molecule has 0 bridgehead atoms. The highest BCUT2D eigenvalue weighted by Crippen LogP contribution is 2.45. The van der Waals surface area contributed by atoms with E-state index in [-0.39, 0.29) is 0 Å². The molecule has 0 saturated heterocycles. The Morgan fingerprint density at radius 3 is 1.89 bits per heavy atom. The molecule has 0 aliphatic carbocycles. The fraction of sp³-hybridized carbons (Fsp3) is 0. The second kappa shape index (κ2) is 10.3. The van der Waals surface area contributed by atoms with Crippen molar-refractivity contribution in [1.29, 1.82) is 0 Å². The van der Waals surface area contributed by atoms with Gasteiger partial charge < -0.3 is 13.9 Å². The normalized spacial score (nSPS) is 11.6. The van der Waals surface area contributed by atoms with E-state index in [1.54, 1.807) is 0 Å². The molecule has 0 N–H and O–H groups in total. The maximum Gasteiger partial charge on any atom is 0.161 e. The Kier molecular flexibility index (Phi) is 5.82. The summed E-state index contributed by atoms with van der Waals surface area (Å²) in [5, 5.41) is 4.68. The Morgan fingerprint density at radius 1 is 0.444 bits per heavy atom. The van der Waals surface area contributed by atoms with Gasteiger partial charge in [0.25, 0.3) is 0 Å². The van der Waals surface area contributed by atoms with Gasteiger partial charge in [0.1, 0.15) is 5.52 Å². The summed E-state index contributed by atoms with van der Waals surface area (Å²) in [5.41, 5.74) is 10.6. The molecule has 2 heterocycles. The van der Waals surface area contributed by atoms with Crippen LogP contribution in [0.15, 0.2) is 174 Å². The van der Waals surface area contributed by atoms with E-state index in [9.17, 15) is 0 Å². The molecule has 3 heteroatoms. The van der Waals surface area contributed by atoms with Crippen LogP contribution >= 0.6 is 0 Å². The Hall–Kier alpha value is -6.06. The zero-order valence-corrected chi connectivity index (χ0v) is 24.5. The van der Waals surface area contributed by atoms with Crippen LogP contribution in [0, 0.1) is 0 Å². The van der Waals surface area contributed by atoms with Gasteiger partial charge in [-0.05, 0) is 82.6 Å². The van der Waals surface area contributed by atoms with Crippen LogP contribution in [-0.4, -0.2) is 4.57 Å². The lowest BCUT2D eigenvalue weighted by atomic mass is 9.98. The maximum absolute atomic E-state index is 6.90. The molecule has 7 aromatic carbocycles. The minimum absolute atomic E-state index is 0.861. The topological polar surface area (TPSA) is 21.3 Å². The zero-order chi connectivity index (χ0) is 29.7.